The first kappa shape index (κ1) is 24.3. The van der Waals surface area contributed by atoms with Gasteiger partial charge in [0.05, 0.1) is 0 Å². The van der Waals surface area contributed by atoms with Crippen LogP contribution in [0.15, 0.2) is 83.8 Å². The molecule has 3 aromatic carbocycles. The van der Waals surface area contributed by atoms with E-state index >= 15 is 4.39 Å². The van der Waals surface area contributed by atoms with Crippen LogP contribution in [0.3, 0.4) is 0 Å². The first-order valence-electron chi connectivity index (χ1n) is 12.9. The number of hydrogen-bond acceptors (Lipinski definition) is 4. The minimum absolute atomic E-state index is 0.0268. The number of Topliss-reactive ketones (excluding diaryl/α,β-unsaturated/α-hetero) is 1. The van der Waals surface area contributed by atoms with Crippen molar-refractivity contribution >= 4 is 25.2 Å². The van der Waals surface area contributed by atoms with Crippen molar-refractivity contribution in [2.45, 2.75) is 30.8 Å². The number of halogens is 2. The Morgan fingerprint density at radius 2 is 1.69 bits per heavy atom. The SMILES string of the molecule is O=C1c2c(OCc3ccccc3)c(=O)ccn2N([C@@H]2c3ccccc3[Se]Cc3c2ccc(F)c3F)CC12CC2. The van der Waals surface area contributed by atoms with Gasteiger partial charge in [-0.25, -0.2) is 0 Å². The second-order valence-electron chi connectivity index (χ2n) is 10.3. The third kappa shape index (κ3) is 3.93. The van der Waals surface area contributed by atoms with Gasteiger partial charge in [0.25, 0.3) is 0 Å². The summed E-state index contributed by atoms with van der Waals surface area (Å²) in [4.78, 5) is 27.0. The Balaban J connectivity index is 1.42. The Morgan fingerprint density at radius 1 is 0.923 bits per heavy atom. The average molecular weight is 590 g/mol. The Morgan fingerprint density at radius 3 is 2.49 bits per heavy atom. The minimum atomic E-state index is -0.859. The van der Waals surface area contributed by atoms with Gasteiger partial charge in [-0.1, -0.05) is 6.07 Å². The number of rotatable bonds is 4. The van der Waals surface area contributed by atoms with Gasteiger partial charge in [-0.15, -0.1) is 0 Å². The van der Waals surface area contributed by atoms with Crippen LogP contribution >= 0.6 is 0 Å². The molecule has 0 radical (unpaired) electrons. The van der Waals surface area contributed by atoms with Crippen LogP contribution in [0.25, 0.3) is 0 Å². The van der Waals surface area contributed by atoms with Crippen LogP contribution in [0.5, 0.6) is 5.75 Å². The number of ether oxygens (including phenoxy) is 1. The average Bonchev–Trinajstić information content (AvgIpc) is 3.75. The van der Waals surface area contributed by atoms with Crippen molar-refractivity contribution in [3.05, 3.63) is 129 Å². The van der Waals surface area contributed by atoms with E-state index < -0.39 is 23.1 Å². The molecule has 1 aromatic heterocycles. The summed E-state index contributed by atoms with van der Waals surface area (Å²) in [5, 5.41) is 2.48. The molecule has 8 heteroatoms. The van der Waals surface area contributed by atoms with E-state index in [1.165, 1.54) is 12.1 Å². The molecule has 196 valence electrons. The Labute approximate surface area is 230 Å². The van der Waals surface area contributed by atoms with E-state index in [9.17, 15) is 14.0 Å². The molecule has 0 amide bonds. The molecule has 1 saturated carbocycles. The van der Waals surface area contributed by atoms with Gasteiger partial charge >= 0.3 is 224 Å². The second kappa shape index (κ2) is 9.18. The van der Waals surface area contributed by atoms with E-state index in [4.69, 9.17) is 4.74 Å². The topological polar surface area (TPSA) is 51.5 Å². The molecular weight excluding hydrogens is 565 g/mol. The van der Waals surface area contributed by atoms with E-state index in [2.05, 4.69) is 5.01 Å². The number of pyridine rings is 1. The first-order chi connectivity index (χ1) is 19.0. The van der Waals surface area contributed by atoms with Crippen LogP contribution in [0, 0.1) is 17.0 Å². The fraction of sp³-hybridized carbons (Fsp3) is 0.226. The molecule has 0 bridgehead atoms. The zero-order valence-electron chi connectivity index (χ0n) is 20.9. The van der Waals surface area contributed by atoms with Crippen LogP contribution in [-0.2, 0) is 11.9 Å². The van der Waals surface area contributed by atoms with Crippen LogP contribution < -0.4 is 19.6 Å². The summed E-state index contributed by atoms with van der Waals surface area (Å²) in [6.45, 7) is 0.555. The predicted octanol–water partition coefficient (Wildman–Crippen LogP) is 4.25. The van der Waals surface area contributed by atoms with Gasteiger partial charge in [0, 0.05) is 0 Å². The summed E-state index contributed by atoms with van der Waals surface area (Å²) in [6.07, 6.45) is 3.01. The van der Waals surface area contributed by atoms with Crippen molar-refractivity contribution in [2.75, 3.05) is 11.6 Å². The summed E-state index contributed by atoms with van der Waals surface area (Å²) in [6, 6.07) is 21.3. The molecule has 1 spiro atoms. The van der Waals surface area contributed by atoms with Gasteiger partial charge in [-0.05, 0) is 0 Å². The number of aromatic nitrogens is 1. The van der Waals surface area contributed by atoms with E-state index in [1.54, 1.807) is 16.9 Å². The molecule has 0 unspecified atom stereocenters. The van der Waals surface area contributed by atoms with Gasteiger partial charge in [0.15, 0.2) is 0 Å². The first-order valence-corrected chi connectivity index (χ1v) is 15.0. The Hall–Kier alpha value is -3.74. The molecule has 39 heavy (non-hydrogen) atoms. The second-order valence-corrected chi connectivity index (χ2v) is 12.5. The van der Waals surface area contributed by atoms with Crippen LogP contribution in [0.4, 0.5) is 8.78 Å². The molecule has 3 heterocycles. The third-order valence-electron chi connectivity index (χ3n) is 7.96. The summed E-state index contributed by atoms with van der Waals surface area (Å²) < 4.78 is 38.5. The molecular formula is C31H24F2N2O3Se. The molecule has 1 fully saturated rings. The van der Waals surface area contributed by atoms with Crippen LogP contribution in [0.1, 0.15) is 51.6 Å². The molecule has 1 atom stereocenters. The standard InChI is InChI=1S/C31H24F2N2O3Se/c32-23-11-10-20-22(26(23)33)17-39-25-9-5-4-8-21(25)27(20)35-18-31(13-14-31)30(37)28-29(24(36)12-15-34(28)35)38-16-19-6-2-1-3-7-19/h1-12,15,27H,13-14,16-18H2/t27-/m0/s1. The van der Waals surface area contributed by atoms with Gasteiger partial charge < -0.3 is 0 Å². The quantitative estimate of drug-likeness (QED) is 0.334. The number of fused-ring (bicyclic) bond motifs is 3. The van der Waals surface area contributed by atoms with Crippen molar-refractivity contribution in [1.29, 1.82) is 0 Å². The summed E-state index contributed by atoms with van der Waals surface area (Å²) >= 11 is -0.103. The van der Waals surface area contributed by atoms with E-state index in [1.807, 2.05) is 54.6 Å². The number of ketones is 1. The maximum absolute atomic E-state index is 15.2. The van der Waals surface area contributed by atoms with Crippen molar-refractivity contribution in [2.24, 2.45) is 5.41 Å². The number of nitrogens with zero attached hydrogens (tertiary/aromatic N) is 2. The molecule has 5 nitrogen and oxygen atoms in total. The predicted molar refractivity (Wildman–Crippen MR) is 144 cm³/mol. The summed E-state index contributed by atoms with van der Waals surface area (Å²) in [5.41, 5.74) is 2.17. The number of carbonyl (C=O) groups is 1. The maximum atomic E-state index is 15.2. The van der Waals surface area contributed by atoms with Crippen molar-refractivity contribution in [3.63, 3.8) is 0 Å². The number of carbonyl (C=O) groups excluding carboxylic acids is 1. The zero-order valence-corrected chi connectivity index (χ0v) is 22.6. The van der Waals surface area contributed by atoms with Gasteiger partial charge in [0.1, 0.15) is 0 Å². The van der Waals surface area contributed by atoms with Crippen LogP contribution in [0.2, 0.25) is 0 Å². The van der Waals surface area contributed by atoms with Crippen molar-refractivity contribution in [1.82, 2.24) is 4.68 Å². The van der Waals surface area contributed by atoms with E-state index in [-0.39, 0.29) is 44.2 Å². The molecule has 3 aliphatic rings. The van der Waals surface area contributed by atoms with Gasteiger partial charge in [0.2, 0.25) is 0 Å². The van der Waals surface area contributed by atoms with E-state index in [0.717, 1.165) is 15.6 Å². The molecule has 7 rings (SSSR count). The number of benzene rings is 3. The summed E-state index contributed by atoms with van der Waals surface area (Å²) in [7, 11) is 0. The van der Waals surface area contributed by atoms with Crippen molar-refractivity contribution in [3.8, 4) is 5.75 Å². The number of hydrogen-bond donors (Lipinski definition) is 0. The zero-order chi connectivity index (χ0) is 26.7. The molecule has 0 N–H and O–H groups in total. The summed E-state index contributed by atoms with van der Waals surface area (Å²) in [5.74, 6) is -1.74. The van der Waals surface area contributed by atoms with E-state index in [0.29, 0.717) is 35.8 Å². The normalized spacial score (nSPS) is 18.7. The molecule has 1 aliphatic carbocycles. The Kier molecular flexibility index (Phi) is 5.72. The van der Waals surface area contributed by atoms with Gasteiger partial charge in [-0.2, -0.15) is 0 Å². The fourth-order valence-electron chi connectivity index (χ4n) is 5.75. The fourth-order valence-corrected chi connectivity index (χ4v) is 8.09. The van der Waals surface area contributed by atoms with Crippen molar-refractivity contribution < 1.29 is 18.3 Å². The van der Waals surface area contributed by atoms with Gasteiger partial charge in [-0.3, -0.25) is 0 Å². The monoisotopic (exact) mass is 590 g/mol. The van der Waals surface area contributed by atoms with Crippen LogP contribution in [-0.4, -0.2) is 32.0 Å². The molecule has 4 aromatic rings. The molecule has 0 saturated heterocycles. The Bertz CT molecular complexity index is 1680. The molecule has 2 aliphatic heterocycles. The third-order valence-corrected chi connectivity index (χ3v) is 10.3.